The minimum atomic E-state index is -0.273. The Labute approximate surface area is 186 Å². The molecule has 8 heteroatoms. The topological polar surface area (TPSA) is 89.3 Å². The molecule has 1 unspecified atom stereocenters. The van der Waals surface area contributed by atoms with E-state index in [-0.39, 0.29) is 11.8 Å². The Kier molecular flexibility index (Phi) is 5.45. The van der Waals surface area contributed by atoms with Gasteiger partial charge in [0.1, 0.15) is 12.2 Å². The summed E-state index contributed by atoms with van der Waals surface area (Å²) in [6.07, 6.45) is 3.66. The average molecular weight is 431 g/mol. The van der Waals surface area contributed by atoms with Crippen LogP contribution in [0.3, 0.4) is 0 Å². The maximum Gasteiger partial charge on any atom is 0.256 e. The van der Waals surface area contributed by atoms with Crippen LogP contribution in [0.15, 0.2) is 48.8 Å². The van der Waals surface area contributed by atoms with Crippen molar-refractivity contribution in [3.63, 3.8) is 0 Å². The van der Waals surface area contributed by atoms with Crippen LogP contribution in [0.2, 0.25) is 0 Å². The van der Waals surface area contributed by atoms with Gasteiger partial charge in [-0.05, 0) is 35.7 Å². The van der Waals surface area contributed by atoms with Gasteiger partial charge in [0.25, 0.3) is 11.8 Å². The summed E-state index contributed by atoms with van der Waals surface area (Å²) in [4.78, 5) is 27.7. The van der Waals surface area contributed by atoms with Gasteiger partial charge in [0.05, 0.1) is 17.7 Å². The number of nitrogens with zero attached hydrogens (tertiary/aromatic N) is 4. The Balaban J connectivity index is 1.34. The lowest BCUT2D eigenvalue weighted by atomic mass is 9.91. The first kappa shape index (κ1) is 20.4. The quantitative estimate of drug-likeness (QED) is 0.648. The van der Waals surface area contributed by atoms with Crippen molar-refractivity contribution in [1.82, 2.24) is 19.7 Å². The standard InChI is InChI=1S/C24H25N5O3/c1-32-11-10-28-14-18-5-3-7-20(22(18)24(28)31)23(30)26-19-6-2-4-16(12-19)17-8-9-21-27-25-15-29(21)13-17/h2-7,12,15,17H,8-11,13-14H2,1H3,(H,26,30). The summed E-state index contributed by atoms with van der Waals surface area (Å²) in [5, 5.41) is 11.1. The third kappa shape index (κ3) is 3.78. The van der Waals surface area contributed by atoms with Gasteiger partial charge in [-0.2, -0.15) is 0 Å². The highest BCUT2D eigenvalue weighted by Crippen LogP contribution is 2.30. The van der Waals surface area contributed by atoms with Crippen LogP contribution in [0.1, 0.15) is 50.0 Å². The van der Waals surface area contributed by atoms with Crippen LogP contribution in [0.5, 0.6) is 0 Å². The zero-order chi connectivity index (χ0) is 22.1. The van der Waals surface area contributed by atoms with Crippen molar-refractivity contribution in [2.24, 2.45) is 0 Å². The van der Waals surface area contributed by atoms with Gasteiger partial charge in [0.15, 0.2) is 0 Å². The predicted molar refractivity (Wildman–Crippen MR) is 119 cm³/mol. The number of ether oxygens (including phenoxy) is 1. The summed E-state index contributed by atoms with van der Waals surface area (Å²) in [6.45, 7) is 2.30. The number of benzene rings is 2. The molecule has 0 saturated carbocycles. The van der Waals surface area contributed by atoms with Crippen molar-refractivity contribution in [2.75, 3.05) is 25.6 Å². The molecule has 2 aromatic carbocycles. The van der Waals surface area contributed by atoms with Crippen molar-refractivity contribution >= 4 is 17.5 Å². The fourth-order valence-electron chi connectivity index (χ4n) is 4.59. The second-order valence-electron chi connectivity index (χ2n) is 8.27. The molecule has 5 rings (SSSR count). The minimum Gasteiger partial charge on any atom is -0.383 e. The normalized spacial score (nSPS) is 17.2. The van der Waals surface area contributed by atoms with Crippen molar-refractivity contribution in [3.05, 3.63) is 76.9 Å². The SMILES string of the molecule is COCCN1Cc2cccc(C(=O)Nc3cccc(C4CCc5nncn5C4)c3)c2C1=O. The number of nitrogens with one attached hydrogen (secondary N) is 1. The summed E-state index contributed by atoms with van der Waals surface area (Å²) in [6, 6.07) is 13.4. The van der Waals surface area contributed by atoms with Gasteiger partial charge in [0, 0.05) is 44.8 Å². The van der Waals surface area contributed by atoms with Crippen LogP contribution in [0.25, 0.3) is 0 Å². The van der Waals surface area contributed by atoms with Gasteiger partial charge in [-0.1, -0.05) is 24.3 Å². The molecule has 2 amide bonds. The predicted octanol–water partition coefficient (Wildman–Crippen LogP) is 2.86. The molecule has 1 atom stereocenters. The molecule has 32 heavy (non-hydrogen) atoms. The van der Waals surface area contributed by atoms with E-state index in [1.54, 1.807) is 24.4 Å². The van der Waals surface area contributed by atoms with E-state index in [2.05, 4.69) is 26.1 Å². The Hall–Kier alpha value is -3.52. The van der Waals surface area contributed by atoms with E-state index in [4.69, 9.17) is 4.74 Å². The molecule has 164 valence electrons. The molecular formula is C24H25N5O3. The van der Waals surface area contributed by atoms with Crippen LogP contribution in [-0.4, -0.2) is 51.7 Å². The molecule has 3 aromatic rings. The first-order valence-corrected chi connectivity index (χ1v) is 10.8. The van der Waals surface area contributed by atoms with Gasteiger partial charge in [0.2, 0.25) is 0 Å². The van der Waals surface area contributed by atoms with Crippen LogP contribution in [0.4, 0.5) is 5.69 Å². The van der Waals surface area contributed by atoms with Crippen LogP contribution < -0.4 is 5.32 Å². The molecule has 3 heterocycles. The third-order valence-corrected chi connectivity index (χ3v) is 6.27. The van der Waals surface area contributed by atoms with E-state index in [9.17, 15) is 9.59 Å². The van der Waals surface area contributed by atoms with Gasteiger partial charge in [-0.25, -0.2) is 0 Å². The highest BCUT2D eigenvalue weighted by Gasteiger charge is 2.31. The van der Waals surface area contributed by atoms with Crippen molar-refractivity contribution in [1.29, 1.82) is 0 Å². The Morgan fingerprint density at radius 2 is 2.12 bits per heavy atom. The summed E-state index contributed by atoms with van der Waals surface area (Å²) >= 11 is 0. The number of anilines is 1. The Morgan fingerprint density at radius 3 is 3.00 bits per heavy atom. The third-order valence-electron chi connectivity index (χ3n) is 6.27. The monoisotopic (exact) mass is 431 g/mol. The van der Waals surface area contributed by atoms with Gasteiger partial charge >= 0.3 is 0 Å². The fraction of sp³-hybridized carbons (Fsp3) is 0.333. The van der Waals surface area contributed by atoms with Crippen LogP contribution >= 0.6 is 0 Å². The lowest BCUT2D eigenvalue weighted by molar-refractivity contribution is 0.0716. The lowest BCUT2D eigenvalue weighted by Crippen LogP contribution is -2.28. The molecule has 0 bridgehead atoms. The van der Waals surface area contributed by atoms with E-state index in [1.807, 2.05) is 30.3 Å². The van der Waals surface area contributed by atoms with Crippen LogP contribution in [0, 0.1) is 0 Å². The van der Waals surface area contributed by atoms with Crippen molar-refractivity contribution in [3.8, 4) is 0 Å². The van der Waals surface area contributed by atoms with E-state index in [0.717, 1.165) is 36.5 Å². The lowest BCUT2D eigenvalue weighted by Gasteiger charge is -2.23. The highest BCUT2D eigenvalue weighted by atomic mass is 16.5. The number of fused-ring (bicyclic) bond motifs is 2. The maximum atomic E-state index is 13.1. The Bertz CT molecular complexity index is 1170. The number of methoxy groups -OCH3 is 1. The number of rotatable bonds is 6. The second kappa shape index (κ2) is 8.55. The molecular weight excluding hydrogens is 406 g/mol. The Morgan fingerprint density at radius 1 is 1.25 bits per heavy atom. The zero-order valence-corrected chi connectivity index (χ0v) is 18.0. The summed E-state index contributed by atoms with van der Waals surface area (Å²) in [5.74, 6) is 0.967. The number of carbonyl (C=O) groups is 2. The molecule has 0 saturated heterocycles. The van der Waals surface area contributed by atoms with Crippen molar-refractivity contribution < 1.29 is 14.3 Å². The molecule has 0 aliphatic carbocycles. The van der Waals surface area contributed by atoms with E-state index in [1.165, 1.54) is 5.56 Å². The first-order chi connectivity index (χ1) is 15.6. The number of amides is 2. The average Bonchev–Trinajstić information content (AvgIpc) is 3.41. The molecule has 1 aromatic heterocycles. The van der Waals surface area contributed by atoms with Crippen molar-refractivity contribution in [2.45, 2.75) is 31.8 Å². The largest absolute Gasteiger partial charge is 0.383 e. The smallest absolute Gasteiger partial charge is 0.256 e. The molecule has 0 spiro atoms. The van der Waals surface area contributed by atoms with E-state index >= 15 is 0 Å². The molecule has 8 nitrogen and oxygen atoms in total. The highest BCUT2D eigenvalue weighted by molar-refractivity contribution is 6.13. The summed E-state index contributed by atoms with van der Waals surface area (Å²) < 4.78 is 7.19. The molecule has 0 radical (unpaired) electrons. The zero-order valence-electron chi connectivity index (χ0n) is 18.0. The van der Waals surface area contributed by atoms with E-state index < -0.39 is 0 Å². The van der Waals surface area contributed by atoms with E-state index in [0.29, 0.717) is 36.7 Å². The molecule has 1 N–H and O–H groups in total. The second-order valence-corrected chi connectivity index (χ2v) is 8.27. The number of hydrogen-bond acceptors (Lipinski definition) is 5. The molecule has 2 aliphatic rings. The van der Waals surface area contributed by atoms with Crippen LogP contribution in [-0.2, 0) is 24.2 Å². The van der Waals surface area contributed by atoms with Gasteiger partial charge in [-0.15, -0.1) is 10.2 Å². The number of aryl methyl sites for hydroxylation is 1. The van der Waals surface area contributed by atoms with Gasteiger partial charge in [-0.3, -0.25) is 9.59 Å². The van der Waals surface area contributed by atoms with Gasteiger partial charge < -0.3 is 19.5 Å². The molecule has 0 fully saturated rings. The fourth-order valence-corrected chi connectivity index (χ4v) is 4.59. The maximum absolute atomic E-state index is 13.1. The number of aromatic nitrogens is 3. The molecule has 2 aliphatic heterocycles. The summed E-state index contributed by atoms with van der Waals surface area (Å²) in [5.41, 5.74) is 3.66. The minimum absolute atomic E-state index is 0.122. The number of hydrogen-bond donors (Lipinski definition) is 1. The number of carbonyl (C=O) groups excluding carboxylic acids is 2. The first-order valence-electron chi connectivity index (χ1n) is 10.8. The summed E-state index contributed by atoms with van der Waals surface area (Å²) in [7, 11) is 1.61.